The molecule has 4 nitrogen and oxygen atoms in total. The molecule has 0 saturated carbocycles. The maximum atomic E-state index is 5.87. The molecule has 0 saturated heterocycles. The minimum absolute atomic E-state index is 0. The number of aryl methyl sites for hydroxylation is 2. The summed E-state index contributed by atoms with van der Waals surface area (Å²) in [5, 5.41) is 3.52. The normalized spacial score (nSPS) is 11.3. The Kier molecular flexibility index (Phi) is 9.93. The van der Waals surface area contributed by atoms with Gasteiger partial charge < -0.3 is 14.4 Å². The molecular weight excluding hydrogens is 711 g/mol. The predicted octanol–water partition coefficient (Wildman–Crippen LogP) is 8.75. The zero-order chi connectivity index (χ0) is 29.1. The van der Waals surface area contributed by atoms with Gasteiger partial charge in [0.15, 0.2) is 0 Å². The Balaban J connectivity index is 0.000000189. The largest absolute Gasteiger partial charge is 0.458 e. The Hall–Kier alpha value is -3.44. The SMILES string of the molecule is CC(C)Cc1cc(-c2[c-]cccc2)ncc1[Si](C)(C)C.Cc1ccnc(-c2[c-]ccc3oc4nc(C)ccc4c23)c1.[Ir]. The summed E-state index contributed by atoms with van der Waals surface area (Å²) in [4.78, 5) is 13.6. The topological polar surface area (TPSA) is 51.8 Å². The van der Waals surface area contributed by atoms with Gasteiger partial charge in [-0.25, -0.2) is 4.98 Å². The molecule has 0 amide bonds. The van der Waals surface area contributed by atoms with Crippen molar-refractivity contribution in [2.45, 2.75) is 53.8 Å². The molecule has 0 N–H and O–H groups in total. The Morgan fingerprint density at radius 1 is 0.881 bits per heavy atom. The van der Waals surface area contributed by atoms with Crippen LogP contribution in [0, 0.1) is 31.9 Å². The summed E-state index contributed by atoms with van der Waals surface area (Å²) in [5.41, 5.74) is 9.07. The van der Waals surface area contributed by atoms with Crippen molar-refractivity contribution in [2.75, 3.05) is 0 Å². The molecule has 1 radical (unpaired) electrons. The quantitative estimate of drug-likeness (QED) is 0.131. The van der Waals surface area contributed by atoms with Crippen molar-refractivity contribution in [3.63, 3.8) is 0 Å². The molecule has 0 bridgehead atoms. The molecule has 0 aliphatic heterocycles. The summed E-state index contributed by atoms with van der Waals surface area (Å²) in [6.07, 6.45) is 5.06. The third-order valence-corrected chi connectivity index (χ3v) is 9.08. The van der Waals surface area contributed by atoms with Gasteiger partial charge in [0.25, 0.3) is 0 Å². The summed E-state index contributed by atoms with van der Waals surface area (Å²) < 4.78 is 5.87. The van der Waals surface area contributed by atoms with Crippen LogP contribution in [-0.2, 0) is 26.5 Å². The fourth-order valence-corrected chi connectivity index (χ4v) is 6.68. The van der Waals surface area contributed by atoms with Crippen LogP contribution in [0.5, 0.6) is 0 Å². The molecule has 0 aliphatic rings. The van der Waals surface area contributed by atoms with E-state index < -0.39 is 8.07 Å². The second-order valence-electron chi connectivity index (χ2n) is 12.1. The zero-order valence-corrected chi connectivity index (χ0v) is 28.8. The number of hydrogen-bond donors (Lipinski definition) is 0. The third kappa shape index (κ3) is 7.12. The zero-order valence-electron chi connectivity index (χ0n) is 25.4. The van der Waals surface area contributed by atoms with E-state index in [0.29, 0.717) is 11.6 Å². The first kappa shape index (κ1) is 31.5. The molecule has 6 aromatic rings. The molecule has 6 heteroatoms. The van der Waals surface area contributed by atoms with Crippen molar-refractivity contribution in [3.05, 3.63) is 108 Å². The second kappa shape index (κ2) is 13.2. The maximum absolute atomic E-state index is 5.87. The molecule has 0 spiro atoms. The van der Waals surface area contributed by atoms with Gasteiger partial charge in [0.1, 0.15) is 0 Å². The summed E-state index contributed by atoms with van der Waals surface area (Å²) in [7, 11) is -1.34. The van der Waals surface area contributed by atoms with Crippen LogP contribution in [0.25, 0.3) is 44.6 Å². The molecule has 0 atom stereocenters. The van der Waals surface area contributed by atoms with Crippen LogP contribution < -0.4 is 5.19 Å². The number of aromatic nitrogens is 3. The summed E-state index contributed by atoms with van der Waals surface area (Å²) >= 11 is 0. The minimum Gasteiger partial charge on any atom is -0.458 e. The fraction of sp³-hybridized carbons (Fsp3) is 0.250. The summed E-state index contributed by atoms with van der Waals surface area (Å²) in [6, 6.07) is 28.8. The van der Waals surface area contributed by atoms with E-state index in [1.807, 2.05) is 55.6 Å². The second-order valence-corrected chi connectivity index (χ2v) is 17.1. The molecule has 0 aliphatic carbocycles. The third-order valence-electron chi connectivity index (χ3n) is 7.02. The van der Waals surface area contributed by atoms with Gasteiger partial charge in [-0.2, -0.15) is 0 Å². The number of fused-ring (bicyclic) bond motifs is 3. The fourth-order valence-electron chi connectivity index (χ4n) is 5.09. The van der Waals surface area contributed by atoms with E-state index in [2.05, 4.69) is 98.0 Å². The number of benzene rings is 2. The average molecular weight is 748 g/mol. The Labute approximate surface area is 264 Å². The molecule has 6 rings (SSSR count). The monoisotopic (exact) mass is 748 g/mol. The van der Waals surface area contributed by atoms with E-state index in [0.717, 1.165) is 51.0 Å². The molecule has 217 valence electrons. The van der Waals surface area contributed by atoms with Gasteiger partial charge in [-0.3, -0.25) is 0 Å². The summed E-state index contributed by atoms with van der Waals surface area (Å²) in [6.45, 7) is 15.8. The van der Waals surface area contributed by atoms with Crippen LogP contribution in [-0.4, -0.2) is 23.0 Å². The number of rotatable bonds is 5. The maximum Gasteiger partial charge on any atom is 0.215 e. The van der Waals surface area contributed by atoms with Crippen LogP contribution in [0.1, 0.15) is 30.7 Å². The van der Waals surface area contributed by atoms with Crippen LogP contribution in [0.3, 0.4) is 0 Å². The molecule has 4 heterocycles. The Bertz CT molecular complexity index is 1810. The number of hydrogen-bond acceptors (Lipinski definition) is 4. The summed E-state index contributed by atoms with van der Waals surface area (Å²) in [5.74, 6) is 0.667. The van der Waals surface area contributed by atoms with E-state index in [4.69, 9.17) is 4.42 Å². The van der Waals surface area contributed by atoms with Gasteiger partial charge in [-0.05, 0) is 54.9 Å². The van der Waals surface area contributed by atoms with Crippen LogP contribution in [0.15, 0.2) is 83.5 Å². The Morgan fingerprint density at radius 2 is 1.69 bits per heavy atom. The van der Waals surface area contributed by atoms with Crippen LogP contribution >= 0.6 is 0 Å². The van der Waals surface area contributed by atoms with Crippen molar-refractivity contribution < 1.29 is 24.5 Å². The molecule has 42 heavy (non-hydrogen) atoms. The van der Waals surface area contributed by atoms with Gasteiger partial charge in [-0.15, -0.1) is 53.6 Å². The van der Waals surface area contributed by atoms with Crippen LogP contribution in [0.2, 0.25) is 19.6 Å². The molecule has 0 unspecified atom stereocenters. The van der Waals surface area contributed by atoms with Gasteiger partial charge in [0, 0.05) is 43.6 Å². The average Bonchev–Trinajstić information content (AvgIpc) is 3.30. The first-order valence-electron chi connectivity index (χ1n) is 14.2. The van der Waals surface area contributed by atoms with Crippen molar-refractivity contribution in [1.29, 1.82) is 0 Å². The molecular formula is C36H37IrN3OSi-2. The van der Waals surface area contributed by atoms with Gasteiger partial charge >= 0.3 is 0 Å². The van der Waals surface area contributed by atoms with Crippen LogP contribution in [0.4, 0.5) is 0 Å². The van der Waals surface area contributed by atoms with E-state index in [1.165, 1.54) is 16.3 Å². The van der Waals surface area contributed by atoms with Gasteiger partial charge in [0.2, 0.25) is 5.71 Å². The first-order valence-corrected chi connectivity index (χ1v) is 17.7. The minimum atomic E-state index is -1.34. The number of nitrogens with zero attached hydrogens (tertiary/aromatic N) is 3. The Morgan fingerprint density at radius 3 is 2.38 bits per heavy atom. The first-order chi connectivity index (χ1) is 19.6. The van der Waals surface area contributed by atoms with Crippen molar-refractivity contribution in [1.82, 2.24) is 15.0 Å². The number of pyridine rings is 3. The van der Waals surface area contributed by atoms with Crippen molar-refractivity contribution in [2.24, 2.45) is 5.92 Å². The molecule has 0 fully saturated rings. The van der Waals surface area contributed by atoms with Gasteiger partial charge in [-0.1, -0.05) is 74.3 Å². The van der Waals surface area contributed by atoms with E-state index in [-0.39, 0.29) is 20.1 Å². The van der Waals surface area contributed by atoms with E-state index >= 15 is 0 Å². The predicted molar refractivity (Wildman–Crippen MR) is 173 cm³/mol. The number of furan rings is 1. The van der Waals surface area contributed by atoms with Gasteiger partial charge in [0.05, 0.1) is 13.7 Å². The van der Waals surface area contributed by atoms with Crippen molar-refractivity contribution >= 4 is 35.3 Å². The smallest absolute Gasteiger partial charge is 0.215 e. The molecule has 4 aromatic heterocycles. The molecule has 2 aromatic carbocycles. The van der Waals surface area contributed by atoms with Crippen molar-refractivity contribution in [3.8, 4) is 22.5 Å². The van der Waals surface area contributed by atoms with E-state index in [1.54, 1.807) is 0 Å². The standard InChI is InChI=1S/C18H13N2O.C18H24NSi.Ir/c1-11-8-9-19-15(10-11)13-4-3-5-16-17(13)14-7-6-12(2)20-18(14)21-16;1-14(2)11-16-12-17(15-9-7-6-8-10-15)19-13-18(16)20(3,4)5;/h3,5-10H,1-2H3;6-9,12-14H,11H2,1-5H3;/q2*-1;. The van der Waals surface area contributed by atoms with E-state index in [9.17, 15) is 0 Å².